The number of rotatable bonds is 4. The molecule has 0 spiro atoms. The minimum Gasteiger partial charge on any atom is -0.409 e. The molecule has 2 aromatic rings. The summed E-state index contributed by atoms with van der Waals surface area (Å²) in [4.78, 5) is 13.3. The molecule has 0 unspecified atom stereocenters. The number of amides is 1. The Morgan fingerprint density at radius 2 is 1.59 bits per heavy atom. The molecule has 12 heteroatoms. The molecule has 0 aromatic heterocycles. The van der Waals surface area contributed by atoms with Crippen molar-refractivity contribution in [3.63, 3.8) is 0 Å². The summed E-state index contributed by atoms with van der Waals surface area (Å²) < 4.78 is 99.3. The fraction of sp³-hybridized carbons (Fsp3) is 0.200. The molecule has 0 aliphatic heterocycles. The number of hydrogen-bond donors (Lipinski definition) is 2. The smallest absolute Gasteiger partial charge is 0.409 e. The second-order valence-corrected chi connectivity index (χ2v) is 6.47. The first-order valence-electron chi connectivity index (χ1n) is 8.68. The Labute approximate surface area is 177 Å². The van der Waals surface area contributed by atoms with Gasteiger partial charge in [-0.1, -0.05) is 0 Å². The minimum atomic E-state index is -5.35. The number of halogens is 7. The van der Waals surface area contributed by atoms with E-state index in [4.69, 9.17) is 15.9 Å². The average molecular weight is 463 g/mol. The van der Waals surface area contributed by atoms with Gasteiger partial charge in [0.25, 0.3) is 0 Å². The highest BCUT2D eigenvalue weighted by Crippen LogP contribution is 2.46. The normalized spacial score (nSPS) is 12.5. The largest absolute Gasteiger partial charge is 0.420 e. The molecule has 0 atom stereocenters. The Morgan fingerprint density at radius 3 is 2.03 bits per heavy atom. The van der Waals surface area contributed by atoms with Crippen LogP contribution >= 0.6 is 0 Å². The second kappa shape index (κ2) is 8.89. The number of alkyl halides is 6. The van der Waals surface area contributed by atoms with Gasteiger partial charge in [0.15, 0.2) is 5.75 Å². The first-order valence-corrected chi connectivity index (χ1v) is 8.68. The van der Waals surface area contributed by atoms with Crippen molar-refractivity contribution in [2.75, 3.05) is 11.9 Å². The van der Waals surface area contributed by atoms with E-state index in [1.807, 2.05) is 0 Å². The predicted octanol–water partition coefficient (Wildman–Crippen LogP) is 5.76. The van der Waals surface area contributed by atoms with Crippen LogP contribution < -0.4 is 15.4 Å². The number of benzene rings is 2. The summed E-state index contributed by atoms with van der Waals surface area (Å²) in [6, 6.07) is 4.08. The number of nitrogens with zero attached hydrogens (tertiary/aromatic N) is 1. The fourth-order valence-electron chi connectivity index (χ4n) is 2.85. The van der Waals surface area contributed by atoms with E-state index in [1.165, 1.54) is 0 Å². The maximum Gasteiger partial charge on any atom is 0.420 e. The third kappa shape index (κ3) is 5.01. The Kier molecular flexibility index (Phi) is 6.86. The van der Waals surface area contributed by atoms with Crippen molar-refractivity contribution in [2.45, 2.75) is 19.3 Å². The zero-order valence-electron chi connectivity index (χ0n) is 16.5. The van der Waals surface area contributed by atoms with Gasteiger partial charge in [-0.25, -0.2) is 9.18 Å². The van der Waals surface area contributed by atoms with Crippen LogP contribution in [0.2, 0.25) is 0 Å². The topological polar surface area (TPSA) is 79.4 Å². The minimum absolute atomic E-state index is 0.0387. The van der Waals surface area contributed by atoms with Gasteiger partial charge in [-0.3, -0.25) is 4.90 Å². The Hall–Kier alpha value is -3.57. The summed E-state index contributed by atoms with van der Waals surface area (Å²) in [6.45, 7) is 0.867. The van der Waals surface area contributed by atoms with Crippen LogP contribution in [0.3, 0.4) is 0 Å². The van der Waals surface area contributed by atoms with Crippen LogP contribution in [0.4, 0.5) is 41.2 Å². The highest BCUT2D eigenvalue weighted by molar-refractivity contribution is 6.10. The highest BCUT2D eigenvalue weighted by atomic mass is 19.4. The van der Waals surface area contributed by atoms with Crippen LogP contribution in [0.5, 0.6) is 5.75 Å². The monoisotopic (exact) mass is 463 g/mol. The van der Waals surface area contributed by atoms with Gasteiger partial charge < -0.3 is 15.9 Å². The lowest BCUT2D eigenvalue weighted by atomic mass is 9.92. The Bertz CT molecular complexity index is 1060. The van der Waals surface area contributed by atoms with Crippen molar-refractivity contribution in [2.24, 2.45) is 5.73 Å². The number of carbonyl (C=O) groups is 1. The number of allylic oxidation sites excluding steroid dienone is 1. The predicted molar refractivity (Wildman–Crippen MR) is 103 cm³/mol. The van der Waals surface area contributed by atoms with Gasteiger partial charge in [-0.2, -0.15) is 26.3 Å². The van der Waals surface area contributed by atoms with Crippen LogP contribution in [0.25, 0.3) is 5.57 Å². The summed E-state index contributed by atoms with van der Waals surface area (Å²) in [6.07, 6.45) is -10.9. The lowest BCUT2D eigenvalue weighted by molar-refractivity contribution is -0.143. The molecular weight excluding hydrogens is 447 g/mol. The molecule has 1 amide bonds. The molecule has 0 bridgehead atoms. The lowest BCUT2D eigenvalue weighted by Gasteiger charge is -2.24. The van der Waals surface area contributed by atoms with Gasteiger partial charge >= 0.3 is 18.4 Å². The number of carbonyl (C=O) groups excluding carboxylic acids is 1. The van der Waals surface area contributed by atoms with E-state index in [0.29, 0.717) is 12.4 Å². The van der Waals surface area contributed by atoms with E-state index in [2.05, 4.69) is 0 Å². The zero-order valence-corrected chi connectivity index (χ0v) is 16.5. The van der Waals surface area contributed by atoms with Gasteiger partial charge in [0.2, 0.25) is 0 Å². The van der Waals surface area contributed by atoms with E-state index >= 15 is 0 Å². The SMILES string of the molecule is Cc1c(C(F)(F)F)cc(C(F)(F)F)c(OC(=O)N(C)c2ccc(F)cc2)c1/C(C=N)=C/N. The van der Waals surface area contributed by atoms with E-state index in [0.717, 1.165) is 43.1 Å². The Morgan fingerprint density at radius 1 is 1.06 bits per heavy atom. The maximum atomic E-state index is 13.7. The molecule has 5 nitrogen and oxygen atoms in total. The fourth-order valence-corrected chi connectivity index (χ4v) is 2.85. The summed E-state index contributed by atoms with van der Waals surface area (Å²) in [5.41, 5.74) is -0.244. The van der Waals surface area contributed by atoms with E-state index in [-0.39, 0.29) is 11.8 Å². The van der Waals surface area contributed by atoms with Crippen LogP contribution in [0.1, 0.15) is 22.3 Å². The molecule has 0 aliphatic carbocycles. The number of anilines is 1. The third-order valence-corrected chi connectivity index (χ3v) is 4.45. The quantitative estimate of drug-likeness (QED) is 0.447. The first kappa shape index (κ1) is 24.7. The van der Waals surface area contributed by atoms with E-state index in [9.17, 15) is 35.5 Å². The standard InChI is InChI=1S/C20H16F7N3O2/c1-10-14(19(22,23)24)7-15(20(25,26)27)17(16(10)11(8-28)9-29)32-18(31)30(2)13-5-3-12(21)4-6-13/h3-9,28H,29H2,1-2H3/b11-9+,28-8?. The summed E-state index contributed by atoms with van der Waals surface area (Å²) in [7, 11) is 1.11. The zero-order chi connectivity index (χ0) is 24.4. The summed E-state index contributed by atoms with van der Waals surface area (Å²) in [5, 5.41) is 7.34. The van der Waals surface area contributed by atoms with Crippen LogP contribution in [0.15, 0.2) is 36.5 Å². The molecule has 0 heterocycles. The third-order valence-electron chi connectivity index (χ3n) is 4.45. The molecule has 2 aromatic carbocycles. The van der Waals surface area contributed by atoms with E-state index < -0.39 is 57.8 Å². The lowest BCUT2D eigenvalue weighted by Crippen LogP contribution is -2.31. The number of nitrogens with one attached hydrogen (secondary N) is 1. The number of nitrogens with two attached hydrogens (primary N) is 1. The molecule has 0 saturated heterocycles. The van der Waals surface area contributed by atoms with Crippen LogP contribution in [-0.4, -0.2) is 19.4 Å². The Balaban J connectivity index is 2.76. The van der Waals surface area contributed by atoms with Crippen molar-refractivity contribution in [1.29, 1.82) is 5.41 Å². The first-order chi connectivity index (χ1) is 14.7. The summed E-state index contributed by atoms with van der Waals surface area (Å²) in [5.74, 6) is -1.89. The van der Waals surface area contributed by atoms with Crippen molar-refractivity contribution in [1.82, 2.24) is 0 Å². The second-order valence-electron chi connectivity index (χ2n) is 6.47. The molecule has 0 aliphatic rings. The van der Waals surface area contributed by atoms with Gasteiger partial charge in [0.05, 0.1) is 11.1 Å². The van der Waals surface area contributed by atoms with Crippen molar-refractivity contribution in [3.8, 4) is 5.75 Å². The van der Waals surface area contributed by atoms with Gasteiger partial charge in [-0.15, -0.1) is 0 Å². The maximum absolute atomic E-state index is 13.7. The number of hydrogen-bond acceptors (Lipinski definition) is 4. The van der Waals surface area contributed by atoms with Gasteiger partial charge in [-0.05, 0) is 42.8 Å². The molecular formula is C20H16F7N3O2. The van der Waals surface area contributed by atoms with Gasteiger partial charge in [0, 0.05) is 36.3 Å². The molecule has 2 rings (SSSR count). The van der Waals surface area contributed by atoms with Crippen molar-refractivity contribution < 1.29 is 40.3 Å². The van der Waals surface area contributed by atoms with Crippen LogP contribution in [0, 0.1) is 18.2 Å². The average Bonchev–Trinajstić information content (AvgIpc) is 2.68. The molecule has 0 saturated carbocycles. The molecule has 172 valence electrons. The van der Waals surface area contributed by atoms with Crippen LogP contribution in [-0.2, 0) is 12.4 Å². The molecule has 3 N–H and O–H groups in total. The molecule has 0 radical (unpaired) electrons. The summed E-state index contributed by atoms with van der Waals surface area (Å²) >= 11 is 0. The molecule has 32 heavy (non-hydrogen) atoms. The highest BCUT2D eigenvalue weighted by Gasteiger charge is 2.43. The van der Waals surface area contributed by atoms with E-state index in [1.54, 1.807) is 0 Å². The molecule has 0 fully saturated rings. The van der Waals surface area contributed by atoms with Crippen molar-refractivity contribution >= 4 is 23.6 Å². The van der Waals surface area contributed by atoms with Gasteiger partial charge in [0.1, 0.15) is 5.82 Å². The number of ether oxygens (including phenoxy) is 1. The van der Waals surface area contributed by atoms with Crippen molar-refractivity contribution in [3.05, 3.63) is 64.6 Å².